The van der Waals surface area contributed by atoms with Gasteiger partial charge < -0.3 is 10.5 Å². The molecule has 92 valence electrons. The van der Waals surface area contributed by atoms with Crippen molar-refractivity contribution < 1.29 is 9.53 Å². The van der Waals surface area contributed by atoms with Gasteiger partial charge in [0.05, 0.1) is 12.3 Å². The van der Waals surface area contributed by atoms with Gasteiger partial charge >= 0.3 is 6.09 Å². The first-order valence-electron chi connectivity index (χ1n) is 5.07. The first kappa shape index (κ1) is 13.9. The van der Waals surface area contributed by atoms with Crippen LogP contribution in [0.2, 0.25) is 0 Å². The maximum atomic E-state index is 11.4. The van der Waals surface area contributed by atoms with Crippen LogP contribution in [0.1, 0.15) is 18.9 Å². The topological polar surface area (TPSA) is 64.3 Å². The molecule has 6 heteroatoms. The van der Waals surface area contributed by atoms with Crippen molar-refractivity contribution in [2.75, 3.05) is 11.9 Å². The molecule has 0 aliphatic rings. The third-order valence-electron chi connectivity index (χ3n) is 1.92. The van der Waals surface area contributed by atoms with Gasteiger partial charge in [0.2, 0.25) is 0 Å². The van der Waals surface area contributed by atoms with Crippen LogP contribution in [0, 0.1) is 0 Å². The first-order valence-corrected chi connectivity index (χ1v) is 6.28. The van der Waals surface area contributed by atoms with Crippen LogP contribution in [0.25, 0.3) is 0 Å². The first-order chi connectivity index (χ1) is 8.04. The standard InChI is InChI=1S/C11H13BrN2O2S/c1-2-5-16-11(15)14-9-4-3-7(12)6-8(9)10(13)17/h3-4,6H,2,5H2,1H3,(H2,13,17)(H,14,15). The van der Waals surface area contributed by atoms with Gasteiger partial charge in [0.15, 0.2) is 0 Å². The fourth-order valence-electron chi connectivity index (χ4n) is 1.17. The Morgan fingerprint density at radius 2 is 2.29 bits per heavy atom. The number of ether oxygens (including phenoxy) is 1. The maximum Gasteiger partial charge on any atom is 0.411 e. The summed E-state index contributed by atoms with van der Waals surface area (Å²) in [5.41, 5.74) is 6.72. The lowest BCUT2D eigenvalue weighted by Gasteiger charge is -2.10. The van der Waals surface area contributed by atoms with E-state index in [0.717, 1.165) is 10.9 Å². The fourth-order valence-corrected chi connectivity index (χ4v) is 1.70. The van der Waals surface area contributed by atoms with Crippen molar-refractivity contribution in [3.05, 3.63) is 28.2 Å². The highest BCUT2D eigenvalue weighted by atomic mass is 79.9. The van der Waals surface area contributed by atoms with Gasteiger partial charge in [-0.3, -0.25) is 5.32 Å². The number of thiocarbonyl (C=S) groups is 1. The molecular formula is C11H13BrN2O2S. The van der Waals surface area contributed by atoms with Crippen LogP contribution in [-0.2, 0) is 4.74 Å². The largest absolute Gasteiger partial charge is 0.449 e. The zero-order valence-corrected chi connectivity index (χ0v) is 11.7. The molecule has 1 aromatic rings. The number of anilines is 1. The Kier molecular flexibility index (Phi) is 5.37. The summed E-state index contributed by atoms with van der Waals surface area (Å²) in [6.45, 7) is 2.30. The SMILES string of the molecule is CCCOC(=O)Nc1ccc(Br)cc1C(N)=S. The van der Waals surface area contributed by atoms with Gasteiger partial charge in [-0.1, -0.05) is 35.1 Å². The van der Waals surface area contributed by atoms with E-state index in [-0.39, 0.29) is 4.99 Å². The minimum atomic E-state index is -0.508. The van der Waals surface area contributed by atoms with E-state index in [0.29, 0.717) is 17.9 Å². The molecule has 4 nitrogen and oxygen atoms in total. The van der Waals surface area contributed by atoms with Crippen LogP contribution < -0.4 is 11.1 Å². The average Bonchev–Trinajstić information content (AvgIpc) is 2.28. The van der Waals surface area contributed by atoms with Gasteiger partial charge in [-0.05, 0) is 24.6 Å². The van der Waals surface area contributed by atoms with Crippen molar-refractivity contribution >= 4 is 44.9 Å². The number of halogens is 1. The number of nitrogens with two attached hydrogens (primary N) is 1. The molecule has 0 bridgehead atoms. The number of hydrogen-bond acceptors (Lipinski definition) is 3. The Balaban J connectivity index is 2.83. The highest BCUT2D eigenvalue weighted by molar-refractivity contribution is 9.10. The zero-order valence-electron chi connectivity index (χ0n) is 9.33. The number of nitrogens with one attached hydrogen (secondary N) is 1. The Morgan fingerprint density at radius 3 is 2.88 bits per heavy atom. The lowest BCUT2D eigenvalue weighted by atomic mass is 10.2. The van der Waals surface area contributed by atoms with E-state index in [9.17, 15) is 4.79 Å². The molecule has 1 amide bonds. The van der Waals surface area contributed by atoms with Crippen LogP contribution in [0.5, 0.6) is 0 Å². The van der Waals surface area contributed by atoms with Crippen molar-refractivity contribution in [3.63, 3.8) is 0 Å². The predicted octanol–water partition coefficient (Wildman–Crippen LogP) is 3.04. The van der Waals surface area contributed by atoms with Crippen molar-refractivity contribution in [1.29, 1.82) is 0 Å². The maximum absolute atomic E-state index is 11.4. The molecule has 1 aromatic carbocycles. The van der Waals surface area contributed by atoms with Crippen LogP contribution in [0.4, 0.5) is 10.5 Å². The number of carbonyl (C=O) groups excluding carboxylic acids is 1. The van der Waals surface area contributed by atoms with E-state index < -0.39 is 6.09 Å². The van der Waals surface area contributed by atoms with E-state index in [1.165, 1.54) is 0 Å². The Morgan fingerprint density at radius 1 is 1.59 bits per heavy atom. The summed E-state index contributed by atoms with van der Waals surface area (Å²) in [6.07, 6.45) is 0.266. The van der Waals surface area contributed by atoms with Crippen LogP contribution in [-0.4, -0.2) is 17.7 Å². The van der Waals surface area contributed by atoms with Crippen molar-refractivity contribution in [2.45, 2.75) is 13.3 Å². The molecule has 0 aliphatic carbocycles. The van der Waals surface area contributed by atoms with Gasteiger partial charge in [0.1, 0.15) is 4.99 Å². The summed E-state index contributed by atoms with van der Waals surface area (Å²) < 4.78 is 5.75. The summed E-state index contributed by atoms with van der Waals surface area (Å²) in [6, 6.07) is 5.25. The predicted molar refractivity (Wildman–Crippen MR) is 75.3 cm³/mol. The second-order valence-corrected chi connectivity index (χ2v) is 4.67. The molecule has 0 aromatic heterocycles. The van der Waals surface area contributed by atoms with Gasteiger partial charge in [-0.15, -0.1) is 0 Å². The quantitative estimate of drug-likeness (QED) is 0.838. The number of carbonyl (C=O) groups is 1. The lowest BCUT2D eigenvalue weighted by Crippen LogP contribution is -2.18. The minimum absolute atomic E-state index is 0.220. The molecule has 0 atom stereocenters. The monoisotopic (exact) mass is 316 g/mol. The third-order valence-corrected chi connectivity index (χ3v) is 2.63. The molecule has 0 radical (unpaired) electrons. The average molecular weight is 317 g/mol. The summed E-state index contributed by atoms with van der Waals surface area (Å²) in [7, 11) is 0. The number of rotatable bonds is 4. The van der Waals surface area contributed by atoms with Crippen LogP contribution in [0.3, 0.4) is 0 Å². The Labute approximate surface area is 114 Å². The highest BCUT2D eigenvalue weighted by Gasteiger charge is 2.09. The normalized spacial score (nSPS) is 9.76. The molecule has 3 N–H and O–H groups in total. The summed E-state index contributed by atoms with van der Waals surface area (Å²) in [4.78, 5) is 11.6. The Hall–Kier alpha value is -1.14. The molecule has 0 aliphatic heterocycles. The second kappa shape index (κ2) is 6.56. The summed E-state index contributed by atoms with van der Waals surface area (Å²) >= 11 is 8.23. The molecule has 17 heavy (non-hydrogen) atoms. The van der Waals surface area contributed by atoms with E-state index in [1.807, 2.05) is 6.92 Å². The smallest absolute Gasteiger partial charge is 0.411 e. The van der Waals surface area contributed by atoms with E-state index >= 15 is 0 Å². The van der Waals surface area contributed by atoms with E-state index in [2.05, 4.69) is 21.2 Å². The van der Waals surface area contributed by atoms with Gasteiger partial charge in [-0.2, -0.15) is 0 Å². The van der Waals surface area contributed by atoms with Gasteiger partial charge in [0, 0.05) is 10.0 Å². The van der Waals surface area contributed by atoms with Crippen molar-refractivity contribution in [3.8, 4) is 0 Å². The number of benzene rings is 1. The Bertz CT molecular complexity index is 437. The highest BCUT2D eigenvalue weighted by Crippen LogP contribution is 2.21. The molecule has 0 heterocycles. The van der Waals surface area contributed by atoms with Gasteiger partial charge in [0.25, 0.3) is 0 Å². The van der Waals surface area contributed by atoms with E-state index in [4.69, 9.17) is 22.7 Å². The minimum Gasteiger partial charge on any atom is -0.449 e. The third kappa shape index (κ3) is 4.32. The van der Waals surface area contributed by atoms with Crippen LogP contribution >= 0.6 is 28.1 Å². The molecule has 0 unspecified atom stereocenters. The van der Waals surface area contributed by atoms with Crippen molar-refractivity contribution in [1.82, 2.24) is 0 Å². The van der Waals surface area contributed by atoms with Gasteiger partial charge in [-0.25, -0.2) is 4.79 Å². The van der Waals surface area contributed by atoms with Crippen LogP contribution in [0.15, 0.2) is 22.7 Å². The fraction of sp³-hybridized carbons (Fsp3) is 0.273. The number of hydrogen-bond donors (Lipinski definition) is 2. The summed E-state index contributed by atoms with van der Waals surface area (Å²) in [5.74, 6) is 0. The van der Waals surface area contributed by atoms with Crippen molar-refractivity contribution in [2.24, 2.45) is 5.73 Å². The molecule has 0 saturated heterocycles. The van der Waals surface area contributed by atoms with E-state index in [1.54, 1.807) is 18.2 Å². The number of amides is 1. The molecular weight excluding hydrogens is 304 g/mol. The second-order valence-electron chi connectivity index (χ2n) is 3.32. The zero-order chi connectivity index (χ0) is 12.8. The molecule has 0 saturated carbocycles. The molecule has 0 spiro atoms. The summed E-state index contributed by atoms with van der Waals surface area (Å²) in [5, 5.41) is 2.60. The molecule has 1 rings (SSSR count). The molecule has 0 fully saturated rings. The lowest BCUT2D eigenvalue weighted by molar-refractivity contribution is 0.161.